The largest absolute Gasteiger partial charge is 0.125 e. The van der Waals surface area contributed by atoms with Crippen LogP contribution in [-0.4, -0.2) is 8.67 Å². The third-order valence-electron chi connectivity index (χ3n) is 3.40. The molecule has 2 fully saturated rings. The Hall–Kier alpha value is 0.380. The molecule has 0 aromatic heterocycles. The number of hydrogen-bond donors (Lipinski definition) is 0. The van der Waals surface area contributed by atoms with Gasteiger partial charge in [-0.3, -0.25) is 0 Å². The Morgan fingerprint density at radius 2 is 1.12 bits per heavy atom. The first-order valence-corrected chi connectivity index (χ1v) is 6.77. The summed E-state index contributed by atoms with van der Waals surface area (Å²) in [7, 11) is 0. The van der Waals surface area contributed by atoms with Gasteiger partial charge >= 0.3 is 0 Å². The quantitative estimate of drug-likeness (QED) is 0.673. The minimum Gasteiger partial charge on any atom is -0.101 e. The van der Waals surface area contributed by atoms with E-state index in [1.165, 1.54) is 11.1 Å². The molecular weight excluding hydrogens is 286 g/mol. The van der Waals surface area contributed by atoms with Crippen molar-refractivity contribution in [3.8, 4) is 0 Å². The molecule has 0 nitrogen and oxygen atoms in total. The zero-order chi connectivity index (χ0) is 11.6. The summed E-state index contributed by atoms with van der Waals surface area (Å²) >= 11 is 24.4. The molecule has 0 N–H and O–H groups in total. The molecule has 0 radical (unpaired) electrons. The smallest absolute Gasteiger partial charge is 0.101 e. The van der Waals surface area contributed by atoms with Crippen molar-refractivity contribution >= 4 is 46.4 Å². The van der Waals surface area contributed by atoms with Crippen LogP contribution in [0.25, 0.3) is 0 Å². The Kier molecular flexibility index (Phi) is 2.47. The molecule has 2 unspecified atom stereocenters. The minimum atomic E-state index is -0.591. The van der Waals surface area contributed by atoms with Gasteiger partial charge in [0.15, 0.2) is 0 Å². The lowest BCUT2D eigenvalue weighted by molar-refractivity contribution is 1.00. The highest BCUT2D eigenvalue weighted by atomic mass is 35.5. The summed E-state index contributed by atoms with van der Waals surface area (Å²) in [6, 6.07) is 8.17. The summed E-state index contributed by atoms with van der Waals surface area (Å²) in [6.45, 7) is 0. The van der Waals surface area contributed by atoms with Crippen LogP contribution in [0.3, 0.4) is 0 Å². The van der Waals surface area contributed by atoms with Gasteiger partial charge in [0.1, 0.15) is 8.67 Å². The van der Waals surface area contributed by atoms with E-state index in [-0.39, 0.29) is 11.8 Å². The highest BCUT2D eigenvalue weighted by Crippen LogP contribution is 2.65. The van der Waals surface area contributed by atoms with Gasteiger partial charge < -0.3 is 0 Å². The van der Waals surface area contributed by atoms with Crippen LogP contribution in [0.1, 0.15) is 35.8 Å². The van der Waals surface area contributed by atoms with Crippen LogP contribution in [0.15, 0.2) is 24.3 Å². The van der Waals surface area contributed by atoms with Crippen molar-refractivity contribution in [2.24, 2.45) is 0 Å². The van der Waals surface area contributed by atoms with Crippen molar-refractivity contribution in [1.82, 2.24) is 0 Å². The Morgan fingerprint density at radius 1 is 0.812 bits per heavy atom. The van der Waals surface area contributed by atoms with Crippen molar-refractivity contribution in [2.45, 2.75) is 33.3 Å². The summed E-state index contributed by atoms with van der Waals surface area (Å²) in [5, 5.41) is 0. The number of hydrogen-bond acceptors (Lipinski definition) is 0. The second kappa shape index (κ2) is 3.45. The van der Waals surface area contributed by atoms with Gasteiger partial charge in [0.2, 0.25) is 0 Å². The van der Waals surface area contributed by atoms with E-state index in [0.29, 0.717) is 0 Å². The SMILES string of the molecule is ClC1(Cl)CC1c1ccccc1C1CC1(Cl)Cl. The predicted molar refractivity (Wildman–Crippen MR) is 70.0 cm³/mol. The molecule has 0 aliphatic heterocycles. The third kappa shape index (κ3) is 1.84. The number of benzene rings is 1. The molecule has 0 saturated heterocycles. The van der Waals surface area contributed by atoms with Crippen molar-refractivity contribution in [2.75, 3.05) is 0 Å². The Balaban J connectivity index is 1.95. The fraction of sp³-hybridized carbons (Fsp3) is 0.500. The summed E-state index contributed by atoms with van der Waals surface area (Å²) in [5.74, 6) is 0.466. The molecule has 0 bridgehead atoms. The molecule has 86 valence electrons. The highest BCUT2D eigenvalue weighted by molar-refractivity contribution is 6.52. The lowest BCUT2D eigenvalue weighted by Crippen LogP contribution is -1.98. The van der Waals surface area contributed by atoms with Crippen LogP contribution < -0.4 is 0 Å². The monoisotopic (exact) mass is 294 g/mol. The van der Waals surface area contributed by atoms with Crippen LogP contribution in [-0.2, 0) is 0 Å². The van der Waals surface area contributed by atoms with Gasteiger partial charge in [0.05, 0.1) is 0 Å². The Morgan fingerprint density at radius 3 is 1.38 bits per heavy atom. The van der Waals surface area contributed by atoms with Crippen LogP contribution in [0.5, 0.6) is 0 Å². The van der Waals surface area contributed by atoms with Gasteiger partial charge in [-0.15, -0.1) is 46.4 Å². The van der Waals surface area contributed by atoms with E-state index in [0.717, 1.165) is 12.8 Å². The molecule has 2 aliphatic rings. The molecule has 0 amide bonds. The van der Waals surface area contributed by atoms with E-state index in [9.17, 15) is 0 Å². The molecule has 2 atom stereocenters. The molecular formula is C12H10Cl4. The first-order valence-electron chi connectivity index (χ1n) is 5.26. The Labute approximate surface area is 115 Å². The summed E-state index contributed by atoms with van der Waals surface area (Å²) in [4.78, 5) is 0. The average molecular weight is 296 g/mol. The average Bonchev–Trinajstić information content (AvgIpc) is 3.03. The van der Waals surface area contributed by atoms with Gasteiger partial charge in [0, 0.05) is 11.8 Å². The standard InChI is InChI=1S/C12H10Cl4/c13-11(14)5-9(11)7-3-1-2-4-8(7)10-6-12(10,15)16/h1-4,9-10H,5-6H2. The molecule has 1 aromatic carbocycles. The molecule has 3 rings (SSSR count). The van der Waals surface area contributed by atoms with Crippen molar-refractivity contribution < 1.29 is 0 Å². The zero-order valence-corrected chi connectivity index (χ0v) is 11.4. The lowest BCUT2D eigenvalue weighted by Gasteiger charge is -2.09. The van der Waals surface area contributed by atoms with Crippen LogP contribution >= 0.6 is 46.4 Å². The van der Waals surface area contributed by atoms with E-state index in [1.807, 2.05) is 12.1 Å². The second-order valence-electron chi connectivity index (χ2n) is 4.66. The molecule has 0 heterocycles. The van der Waals surface area contributed by atoms with E-state index in [1.54, 1.807) is 0 Å². The minimum absolute atomic E-state index is 0.233. The summed E-state index contributed by atoms with van der Waals surface area (Å²) < 4.78 is -1.18. The van der Waals surface area contributed by atoms with E-state index >= 15 is 0 Å². The summed E-state index contributed by atoms with van der Waals surface area (Å²) in [6.07, 6.45) is 1.63. The number of rotatable bonds is 2. The van der Waals surface area contributed by atoms with Crippen molar-refractivity contribution in [3.63, 3.8) is 0 Å². The van der Waals surface area contributed by atoms with E-state index < -0.39 is 8.67 Å². The molecule has 16 heavy (non-hydrogen) atoms. The molecule has 0 spiro atoms. The maximum atomic E-state index is 6.11. The van der Waals surface area contributed by atoms with Gasteiger partial charge in [-0.05, 0) is 24.0 Å². The molecule has 2 aliphatic carbocycles. The van der Waals surface area contributed by atoms with Gasteiger partial charge in [-0.1, -0.05) is 24.3 Å². The molecule has 1 aromatic rings. The fourth-order valence-electron chi connectivity index (χ4n) is 2.25. The highest BCUT2D eigenvalue weighted by Gasteiger charge is 2.57. The maximum Gasteiger partial charge on any atom is 0.125 e. The summed E-state index contributed by atoms with van der Waals surface area (Å²) in [5.41, 5.74) is 2.42. The van der Waals surface area contributed by atoms with Crippen LogP contribution in [0, 0.1) is 0 Å². The lowest BCUT2D eigenvalue weighted by atomic mass is 10.00. The first kappa shape index (κ1) is 11.5. The van der Waals surface area contributed by atoms with E-state index in [4.69, 9.17) is 46.4 Å². The topological polar surface area (TPSA) is 0 Å². The molecule has 4 heteroatoms. The predicted octanol–water partition coefficient (Wildman–Crippen LogP) is 5.01. The van der Waals surface area contributed by atoms with Crippen LogP contribution in [0.2, 0.25) is 0 Å². The maximum absolute atomic E-state index is 6.11. The number of alkyl halides is 4. The number of halogens is 4. The second-order valence-corrected chi connectivity index (χ2v) is 7.75. The van der Waals surface area contributed by atoms with Gasteiger partial charge in [0.25, 0.3) is 0 Å². The van der Waals surface area contributed by atoms with Crippen molar-refractivity contribution in [1.29, 1.82) is 0 Å². The normalized spacial score (nSPS) is 33.5. The molecule has 2 saturated carbocycles. The first-order chi connectivity index (χ1) is 7.42. The fourth-order valence-corrected chi connectivity index (χ4v) is 3.33. The van der Waals surface area contributed by atoms with Crippen LogP contribution in [0.4, 0.5) is 0 Å². The van der Waals surface area contributed by atoms with E-state index in [2.05, 4.69) is 12.1 Å². The zero-order valence-electron chi connectivity index (χ0n) is 8.39. The van der Waals surface area contributed by atoms with Gasteiger partial charge in [-0.25, -0.2) is 0 Å². The van der Waals surface area contributed by atoms with Crippen molar-refractivity contribution in [3.05, 3.63) is 35.4 Å². The Bertz CT molecular complexity index is 397. The third-order valence-corrected chi connectivity index (χ3v) is 5.07. The van der Waals surface area contributed by atoms with Gasteiger partial charge in [-0.2, -0.15) is 0 Å².